The number of benzene rings is 1. The second kappa shape index (κ2) is 7.90. The smallest absolute Gasteiger partial charge is 0.335 e. The third kappa shape index (κ3) is 4.02. The second-order valence-corrected chi connectivity index (χ2v) is 7.49. The predicted molar refractivity (Wildman–Crippen MR) is 98.2 cm³/mol. The van der Waals surface area contributed by atoms with E-state index in [2.05, 4.69) is 19.2 Å². The molecule has 0 unspecified atom stereocenters. The van der Waals surface area contributed by atoms with Gasteiger partial charge in [-0.3, -0.25) is 19.3 Å². The van der Waals surface area contributed by atoms with E-state index < -0.39 is 30.3 Å². The van der Waals surface area contributed by atoms with Gasteiger partial charge in [0.2, 0.25) is 5.91 Å². The molecule has 3 atom stereocenters. The molecule has 1 aliphatic carbocycles. The number of carbonyl (C=O) groups excluding carboxylic acids is 4. The standard InChI is InChI=1S/C20H25N3O4/c1-13-7-6-10-16(14(13)2)21-17(24)12-23-19(26)18(25)22(20(23)27)11-15-8-4-3-5-9-15/h3-5,8-9,13-14,16H,6-7,10-12H2,1-2H3,(H,21,24)/t13-,14-,16+/m1/s1. The summed E-state index contributed by atoms with van der Waals surface area (Å²) in [6.07, 6.45) is 3.07. The lowest BCUT2D eigenvalue weighted by molar-refractivity contribution is -0.144. The van der Waals surface area contributed by atoms with E-state index in [-0.39, 0.29) is 12.6 Å². The SMILES string of the molecule is C[C@@H]1[C@H](C)CCC[C@@H]1NC(=O)CN1C(=O)C(=O)N(Cc2ccccc2)C1=O. The fraction of sp³-hybridized carbons (Fsp3) is 0.500. The highest BCUT2D eigenvalue weighted by atomic mass is 16.2. The Morgan fingerprint density at radius 3 is 2.41 bits per heavy atom. The minimum atomic E-state index is -0.948. The highest BCUT2D eigenvalue weighted by molar-refractivity contribution is 6.44. The van der Waals surface area contributed by atoms with Crippen molar-refractivity contribution in [3.63, 3.8) is 0 Å². The summed E-state index contributed by atoms with van der Waals surface area (Å²) in [4.78, 5) is 50.9. The molecule has 1 aromatic rings. The normalized spacial score (nSPS) is 25.9. The van der Waals surface area contributed by atoms with Gasteiger partial charge in [-0.15, -0.1) is 0 Å². The number of hydrogen-bond donors (Lipinski definition) is 1. The first kappa shape index (κ1) is 19.1. The second-order valence-electron chi connectivity index (χ2n) is 7.49. The molecule has 1 saturated carbocycles. The van der Waals surface area contributed by atoms with Crippen LogP contribution in [-0.4, -0.2) is 46.1 Å². The average Bonchev–Trinajstić information content (AvgIpc) is 2.84. The van der Waals surface area contributed by atoms with Crippen LogP contribution in [0.25, 0.3) is 0 Å². The first-order valence-corrected chi connectivity index (χ1v) is 9.39. The van der Waals surface area contributed by atoms with Gasteiger partial charge in [-0.1, -0.05) is 57.0 Å². The summed E-state index contributed by atoms with van der Waals surface area (Å²) in [5.74, 6) is -1.39. The topological polar surface area (TPSA) is 86.8 Å². The average molecular weight is 371 g/mol. The lowest BCUT2D eigenvalue weighted by atomic mass is 9.78. The molecule has 0 bridgehead atoms. The van der Waals surface area contributed by atoms with Crippen LogP contribution in [0.4, 0.5) is 4.79 Å². The summed E-state index contributed by atoms with van der Waals surface area (Å²) in [6, 6.07) is 8.24. The number of carbonyl (C=O) groups is 4. The van der Waals surface area contributed by atoms with Crippen LogP contribution in [0.15, 0.2) is 30.3 Å². The zero-order chi connectivity index (χ0) is 19.6. The van der Waals surface area contributed by atoms with E-state index in [1.165, 1.54) is 0 Å². The maximum Gasteiger partial charge on any atom is 0.335 e. The largest absolute Gasteiger partial charge is 0.352 e. The number of rotatable bonds is 5. The quantitative estimate of drug-likeness (QED) is 0.633. The summed E-state index contributed by atoms with van der Waals surface area (Å²) in [5, 5.41) is 2.93. The van der Waals surface area contributed by atoms with Gasteiger partial charge in [0.25, 0.3) is 0 Å². The van der Waals surface area contributed by atoms with Crippen molar-refractivity contribution in [1.29, 1.82) is 0 Å². The Labute approximate surface area is 158 Å². The minimum Gasteiger partial charge on any atom is -0.352 e. The van der Waals surface area contributed by atoms with Gasteiger partial charge in [0, 0.05) is 6.04 Å². The van der Waals surface area contributed by atoms with Gasteiger partial charge in [0.1, 0.15) is 6.54 Å². The molecule has 0 radical (unpaired) electrons. The summed E-state index contributed by atoms with van der Waals surface area (Å²) < 4.78 is 0. The van der Waals surface area contributed by atoms with Crippen LogP contribution in [0.2, 0.25) is 0 Å². The molecule has 1 saturated heterocycles. The van der Waals surface area contributed by atoms with Gasteiger partial charge in [0.05, 0.1) is 6.54 Å². The first-order valence-electron chi connectivity index (χ1n) is 9.39. The van der Waals surface area contributed by atoms with Gasteiger partial charge in [-0.2, -0.15) is 0 Å². The maximum atomic E-state index is 12.5. The Morgan fingerprint density at radius 2 is 1.70 bits per heavy atom. The van der Waals surface area contributed by atoms with Crippen molar-refractivity contribution in [2.24, 2.45) is 11.8 Å². The fourth-order valence-corrected chi connectivity index (χ4v) is 3.78. The third-order valence-electron chi connectivity index (χ3n) is 5.67. The van der Waals surface area contributed by atoms with Crippen LogP contribution in [0.5, 0.6) is 0 Å². The molecule has 1 aliphatic heterocycles. The van der Waals surface area contributed by atoms with Crippen molar-refractivity contribution >= 4 is 23.8 Å². The molecule has 144 valence electrons. The molecule has 7 heteroatoms. The van der Waals surface area contributed by atoms with Crippen LogP contribution in [0.3, 0.4) is 0 Å². The summed E-state index contributed by atoms with van der Waals surface area (Å²) in [7, 11) is 0. The van der Waals surface area contributed by atoms with Crippen molar-refractivity contribution in [3.05, 3.63) is 35.9 Å². The lowest BCUT2D eigenvalue weighted by Crippen LogP contribution is -2.48. The maximum absolute atomic E-state index is 12.5. The lowest BCUT2D eigenvalue weighted by Gasteiger charge is -2.34. The van der Waals surface area contributed by atoms with Crippen molar-refractivity contribution in [2.75, 3.05) is 6.54 Å². The zero-order valence-corrected chi connectivity index (χ0v) is 15.7. The predicted octanol–water partition coefficient (Wildman–Crippen LogP) is 1.92. The van der Waals surface area contributed by atoms with Crippen LogP contribution in [0.1, 0.15) is 38.7 Å². The van der Waals surface area contributed by atoms with E-state index in [0.29, 0.717) is 11.8 Å². The molecular weight excluding hydrogens is 346 g/mol. The van der Waals surface area contributed by atoms with Crippen molar-refractivity contribution in [2.45, 2.75) is 45.7 Å². The number of amides is 5. The molecule has 1 aromatic carbocycles. The number of imide groups is 2. The molecule has 1 N–H and O–H groups in total. The summed E-state index contributed by atoms with van der Waals surface area (Å²) in [6.45, 7) is 3.86. The number of nitrogens with one attached hydrogen (secondary N) is 1. The Hall–Kier alpha value is -2.70. The van der Waals surface area contributed by atoms with Crippen LogP contribution in [0, 0.1) is 11.8 Å². The summed E-state index contributed by atoms with van der Waals surface area (Å²) >= 11 is 0. The zero-order valence-electron chi connectivity index (χ0n) is 15.7. The number of hydrogen-bond acceptors (Lipinski definition) is 4. The molecule has 7 nitrogen and oxygen atoms in total. The number of nitrogens with zero attached hydrogens (tertiary/aromatic N) is 2. The Morgan fingerprint density at radius 1 is 1.04 bits per heavy atom. The van der Waals surface area contributed by atoms with Gasteiger partial charge >= 0.3 is 17.8 Å². The van der Waals surface area contributed by atoms with Crippen LogP contribution < -0.4 is 5.32 Å². The molecule has 1 heterocycles. The van der Waals surface area contributed by atoms with Crippen LogP contribution >= 0.6 is 0 Å². The van der Waals surface area contributed by atoms with Crippen molar-refractivity contribution in [1.82, 2.24) is 15.1 Å². The van der Waals surface area contributed by atoms with Gasteiger partial charge in [-0.25, -0.2) is 9.69 Å². The monoisotopic (exact) mass is 371 g/mol. The van der Waals surface area contributed by atoms with E-state index in [1.807, 2.05) is 6.07 Å². The molecule has 0 spiro atoms. The Kier molecular flexibility index (Phi) is 5.58. The molecule has 2 aliphatic rings. The van der Waals surface area contributed by atoms with E-state index >= 15 is 0 Å². The van der Waals surface area contributed by atoms with E-state index in [4.69, 9.17) is 0 Å². The summed E-state index contributed by atoms with van der Waals surface area (Å²) in [5.41, 5.74) is 0.739. The van der Waals surface area contributed by atoms with E-state index in [9.17, 15) is 19.2 Å². The van der Waals surface area contributed by atoms with Gasteiger partial charge in [-0.05, 0) is 23.8 Å². The highest BCUT2D eigenvalue weighted by Gasteiger charge is 2.45. The molecule has 2 fully saturated rings. The molecule has 3 rings (SSSR count). The van der Waals surface area contributed by atoms with Crippen molar-refractivity contribution < 1.29 is 19.2 Å². The molecule has 0 aromatic heterocycles. The van der Waals surface area contributed by atoms with E-state index in [0.717, 1.165) is 34.6 Å². The minimum absolute atomic E-state index is 0.0134. The van der Waals surface area contributed by atoms with Gasteiger partial charge < -0.3 is 5.32 Å². The first-order chi connectivity index (χ1) is 12.9. The van der Waals surface area contributed by atoms with Gasteiger partial charge in [0.15, 0.2) is 0 Å². The Bertz CT molecular complexity index is 749. The number of urea groups is 1. The van der Waals surface area contributed by atoms with E-state index in [1.54, 1.807) is 24.3 Å². The molecule has 27 heavy (non-hydrogen) atoms. The fourth-order valence-electron chi connectivity index (χ4n) is 3.78. The Balaban J connectivity index is 1.62. The highest BCUT2D eigenvalue weighted by Crippen LogP contribution is 2.29. The third-order valence-corrected chi connectivity index (χ3v) is 5.67. The molecular formula is C20H25N3O4. The molecule has 5 amide bonds. The van der Waals surface area contributed by atoms with Crippen LogP contribution in [-0.2, 0) is 20.9 Å². The van der Waals surface area contributed by atoms with Crippen molar-refractivity contribution in [3.8, 4) is 0 Å².